The van der Waals surface area contributed by atoms with Gasteiger partial charge in [0.15, 0.2) is 0 Å². The molecule has 0 radical (unpaired) electrons. The van der Waals surface area contributed by atoms with Gasteiger partial charge in [-0.3, -0.25) is 0 Å². The molecule has 0 saturated carbocycles. The number of ether oxygens (including phenoxy) is 1. The Morgan fingerprint density at radius 2 is 2.06 bits per heavy atom. The minimum Gasteiger partial charge on any atom is -0.508 e. The molecule has 0 aliphatic rings. The molecular formula is C14H16O2. The molecule has 1 rings (SSSR count). The fourth-order valence-corrected chi connectivity index (χ4v) is 1.10. The summed E-state index contributed by atoms with van der Waals surface area (Å²) in [4.78, 5) is 0. The summed E-state index contributed by atoms with van der Waals surface area (Å²) in [6, 6.07) is 6.65. The summed E-state index contributed by atoms with van der Waals surface area (Å²) in [5, 5.41) is 9.10. The minimum atomic E-state index is 0.237. The van der Waals surface area contributed by atoms with Crippen LogP contribution in [-0.2, 0) is 0 Å². The Morgan fingerprint density at radius 1 is 1.38 bits per heavy atom. The fourth-order valence-electron chi connectivity index (χ4n) is 1.10. The summed E-state index contributed by atoms with van der Waals surface area (Å²) in [5.41, 5.74) is 1.01. The zero-order valence-electron chi connectivity index (χ0n) is 9.39. The molecular weight excluding hydrogens is 200 g/mol. The molecule has 0 fully saturated rings. The van der Waals surface area contributed by atoms with Gasteiger partial charge in [0.05, 0.1) is 0 Å². The van der Waals surface area contributed by atoms with Crippen LogP contribution in [-0.4, -0.2) is 11.7 Å². The molecule has 0 aliphatic heterocycles. The van der Waals surface area contributed by atoms with E-state index in [0.29, 0.717) is 6.61 Å². The van der Waals surface area contributed by atoms with Crippen LogP contribution in [0.25, 0.3) is 0 Å². The van der Waals surface area contributed by atoms with Gasteiger partial charge in [-0.25, -0.2) is 0 Å². The van der Waals surface area contributed by atoms with Crippen LogP contribution in [0.2, 0.25) is 0 Å². The third-order valence-electron chi connectivity index (χ3n) is 2.01. The Hall–Kier alpha value is -1.96. The highest BCUT2D eigenvalue weighted by Gasteiger charge is 1.95. The fraction of sp³-hybridized carbons (Fsp3) is 0.143. The van der Waals surface area contributed by atoms with E-state index < -0.39 is 0 Å². The molecule has 0 aromatic heterocycles. The number of aromatic hydroxyl groups is 1. The van der Waals surface area contributed by atoms with E-state index in [0.717, 1.165) is 11.3 Å². The largest absolute Gasteiger partial charge is 0.508 e. The standard InChI is InChI=1S/C14H16O2/c1-3-5-6-12(4-2)11-16-14-9-7-13(15)8-10-14/h3-10,15H,2,11H2,1H3/b5-3-,12-6+. The van der Waals surface area contributed by atoms with E-state index in [-0.39, 0.29) is 5.75 Å². The van der Waals surface area contributed by atoms with Crippen LogP contribution in [0, 0.1) is 0 Å². The van der Waals surface area contributed by atoms with Crippen LogP contribution in [0.5, 0.6) is 11.5 Å². The van der Waals surface area contributed by atoms with E-state index in [2.05, 4.69) is 6.58 Å². The number of hydrogen-bond donors (Lipinski definition) is 1. The lowest BCUT2D eigenvalue weighted by Crippen LogP contribution is -1.98. The zero-order chi connectivity index (χ0) is 11.8. The number of benzene rings is 1. The molecule has 2 heteroatoms. The van der Waals surface area contributed by atoms with Crippen molar-refractivity contribution in [2.45, 2.75) is 6.92 Å². The monoisotopic (exact) mass is 216 g/mol. The normalized spacial score (nSPS) is 11.7. The molecule has 0 bridgehead atoms. The third-order valence-corrected chi connectivity index (χ3v) is 2.01. The van der Waals surface area contributed by atoms with Crippen molar-refractivity contribution in [3.63, 3.8) is 0 Å². The number of phenolic OH excluding ortho intramolecular Hbond substituents is 1. The van der Waals surface area contributed by atoms with Gasteiger partial charge >= 0.3 is 0 Å². The molecule has 1 N–H and O–H groups in total. The Labute approximate surface area is 96.2 Å². The van der Waals surface area contributed by atoms with Crippen molar-refractivity contribution in [3.8, 4) is 11.5 Å². The maximum absolute atomic E-state index is 9.10. The van der Waals surface area contributed by atoms with Crippen molar-refractivity contribution in [1.29, 1.82) is 0 Å². The molecule has 0 unspecified atom stereocenters. The second-order valence-electron chi connectivity index (χ2n) is 3.25. The summed E-state index contributed by atoms with van der Waals surface area (Å²) >= 11 is 0. The lowest BCUT2D eigenvalue weighted by Gasteiger charge is -2.06. The van der Waals surface area contributed by atoms with Crippen LogP contribution in [0.3, 0.4) is 0 Å². The summed E-state index contributed by atoms with van der Waals surface area (Å²) in [7, 11) is 0. The molecule has 2 nitrogen and oxygen atoms in total. The van der Waals surface area contributed by atoms with Gasteiger partial charge in [-0.1, -0.05) is 30.9 Å². The van der Waals surface area contributed by atoms with E-state index >= 15 is 0 Å². The first kappa shape index (κ1) is 12.1. The predicted molar refractivity (Wildman–Crippen MR) is 66.7 cm³/mol. The quantitative estimate of drug-likeness (QED) is 0.764. The van der Waals surface area contributed by atoms with Crippen molar-refractivity contribution in [3.05, 3.63) is 60.7 Å². The lowest BCUT2D eigenvalue weighted by atomic mass is 10.2. The molecule has 0 aliphatic carbocycles. The summed E-state index contributed by atoms with van der Waals surface area (Å²) in [6.07, 6.45) is 7.61. The van der Waals surface area contributed by atoms with Gasteiger partial charge in [0.1, 0.15) is 18.1 Å². The van der Waals surface area contributed by atoms with Crippen molar-refractivity contribution in [2.24, 2.45) is 0 Å². The molecule has 0 atom stereocenters. The first-order chi connectivity index (χ1) is 7.76. The van der Waals surface area contributed by atoms with E-state index in [4.69, 9.17) is 9.84 Å². The van der Waals surface area contributed by atoms with Crippen molar-refractivity contribution >= 4 is 0 Å². The third kappa shape index (κ3) is 4.05. The highest BCUT2D eigenvalue weighted by atomic mass is 16.5. The van der Waals surface area contributed by atoms with Gasteiger partial charge in [0, 0.05) is 0 Å². The molecule has 0 heterocycles. The second kappa shape index (κ2) is 6.51. The molecule has 1 aromatic rings. The first-order valence-corrected chi connectivity index (χ1v) is 5.12. The molecule has 84 valence electrons. The van der Waals surface area contributed by atoms with Crippen LogP contribution in [0.15, 0.2) is 60.7 Å². The number of hydrogen-bond acceptors (Lipinski definition) is 2. The minimum absolute atomic E-state index is 0.237. The number of allylic oxidation sites excluding steroid dienone is 3. The maximum Gasteiger partial charge on any atom is 0.120 e. The molecule has 0 amide bonds. The van der Waals surface area contributed by atoms with Gasteiger partial charge in [0.25, 0.3) is 0 Å². The lowest BCUT2D eigenvalue weighted by molar-refractivity contribution is 0.354. The topological polar surface area (TPSA) is 29.5 Å². The Bertz CT molecular complexity index is 386. The second-order valence-corrected chi connectivity index (χ2v) is 3.25. The average molecular weight is 216 g/mol. The molecule has 1 aromatic carbocycles. The number of phenols is 1. The summed E-state index contributed by atoms with van der Waals surface area (Å²) in [5.74, 6) is 0.965. The Balaban J connectivity index is 2.56. The Morgan fingerprint density at radius 3 is 2.62 bits per heavy atom. The SMILES string of the molecule is C=C/C(=C\C=C/C)COc1ccc(O)cc1. The molecule has 16 heavy (non-hydrogen) atoms. The zero-order valence-corrected chi connectivity index (χ0v) is 9.39. The van der Waals surface area contributed by atoms with Crippen LogP contribution in [0.4, 0.5) is 0 Å². The smallest absolute Gasteiger partial charge is 0.120 e. The van der Waals surface area contributed by atoms with E-state index in [1.807, 2.05) is 25.2 Å². The maximum atomic E-state index is 9.10. The van der Waals surface area contributed by atoms with Crippen molar-refractivity contribution < 1.29 is 9.84 Å². The van der Waals surface area contributed by atoms with Gasteiger partial charge in [-0.15, -0.1) is 0 Å². The highest BCUT2D eigenvalue weighted by Crippen LogP contribution is 2.16. The van der Waals surface area contributed by atoms with E-state index in [1.165, 1.54) is 0 Å². The van der Waals surface area contributed by atoms with Crippen molar-refractivity contribution in [2.75, 3.05) is 6.61 Å². The number of rotatable bonds is 5. The van der Waals surface area contributed by atoms with E-state index in [1.54, 1.807) is 30.3 Å². The summed E-state index contributed by atoms with van der Waals surface area (Å²) in [6.45, 7) is 6.15. The van der Waals surface area contributed by atoms with Crippen molar-refractivity contribution in [1.82, 2.24) is 0 Å². The first-order valence-electron chi connectivity index (χ1n) is 5.12. The van der Waals surface area contributed by atoms with Gasteiger partial charge in [0.2, 0.25) is 0 Å². The van der Waals surface area contributed by atoms with Crippen LogP contribution >= 0.6 is 0 Å². The average Bonchev–Trinajstić information content (AvgIpc) is 2.32. The van der Waals surface area contributed by atoms with E-state index in [9.17, 15) is 0 Å². The summed E-state index contributed by atoms with van der Waals surface area (Å²) < 4.78 is 5.53. The molecule has 0 spiro atoms. The predicted octanol–water partition coefficient (Wildman–Crippen LogP) is 3.46. The van der Waals surface area contributed by atoms with Gasteiger partial charge < -0.3 is 9.84 Å². The molecule has 0 saturated heterocycles. The van der Waals surface area contributed by atoms with Crippen LogP contribution < -0.4 is 4.74 Å². The van der Waals surface area contributed by atoms with Crippen LogP contribution in [0.1, 0.15) is 6.92 Å². The highest BCUT2D eigenvalue weighted by molar-refractivity contribution is 5.31. The van der Waals surface area contributed by atoms with Gasteiger partial charge in [-0.05, 0) is 36.8 Å². The van der Waals surface area contributed by atoms with Gasteiger partial charge in [-0.2, -0.15) is 0 Å². The Kier molecular flexibility index (Phi) is 4.93.